The number of hydrogen-bond donors (Lipinski definition) is 2. The highest BCUT2D eigenvalue weighted by molar-refractivity contribution is 5.81. The van der Waals surface area contributed by atoms with Gasteiger partial charge in [0.25, 0.3) is 5.91 Å². The van der Waals surface area contributed by atoms with E-state index >= 15 is 0 Å². The average Bonchev–Trinajstić information content (AvgIpc) is 2.59. The van der Waals surface area contributed by atoms with Gasteiger partial charge in [0.15, 0.2) is 0 Å². The molecule has 3 aliphatic heterocycles. The highest BCUT2D eigenvalue weighted by Gasteiger charge is 2.42. The summed E-state index contributed by atoms with van der Waals surface area (Å²) in [4.78, 5) is 28.1. The number of aliphatic hydroxyl groups excluding tert-OH is 1. The van der Waals surface area contributed by atoms with Crippen molar-refractivity contribution >= 4 is 11.8 Å². The summed E-state index contributed by atoms with van der Waals surface area (Å²) in [5.74, 6) is 0.232. The summed E-state index contributed by atoms with van der Waals surface area (Å²) < 4.78 is 5.56. The van der Waals surface area contributed by atoms with E-state index in [0.717, 1.165) is 45.4 Å². The van der Waals surface area contributed by atoms with Gasteiger partial charge in [-0.05, 0) is 24.7 Å². The normalized spacial score (nSPS) is 28.2. The molecule has 0 bridgehead atoms. The number of nitrogens with zero attached hydrogens (tertiary/aromatic N) is 2. The van der Waals surface area contributed by atoms with Gasteiger partial charge in [0.2, 0.25) is 5.91 Å². The number of aliphatic hydroxyl groups is 1. The van der Waals surface area contributed by atoms with Gasteiger partial charge in [-0.1, -0.05) is 0 Å². The van der Waals surface area contributed by atoms with Crippen molar-refractivity contribution in [3.63, 3.8) is 0 Å². The Bertz CT molecular complexity index is 443. The lowest BCUT2D eigenvalue weighted by molar-refractivity contribution is -0.150. The van der Waals surface area contributed by atoms with Gasteiger partial charge >= 0.3 is 0 Å². The first kappa shape index (κ1) is 16.7. The van der Waals surface area contributed by atoms with Crippen molar-refractivity contribution in [3.05, 3.63) is 0 Å². The molecule has 0 aliphatic carbocycles. The largest absolute Gasteiger partial charge is 0.395 e. The number of carbonyl (C=O) groups excluding carboxylic acids is 2. The first-order valence-corrected chi connectivity index (χ1v) is 8.63. The van der Waals surface area contributed by atoms with Crippen molar-refractivity contribution in [3.8, 4) is 0 Å². The average molecular weight is 325 g/mol. The van der Waals surface area contributed by atoms with Crippen molar-refractivity contribution in [2.45, 2.75) is 31.8 Å². The van der Waals surface area contributed by atoms with E-state index < -0.39 is 0 Å². The van der Waals surface area contributed by atoms with Crippen molar-refractivity contribution in [1.29, 1.82) is 0 Å². The number of carbonyl (C=O) groups is 2. The predicted molar refractivity (Wildman–Crippen MR) is 83.8 cm³/mol. The number of ether oxygens (including phenoxy) is 1. The van der Waals surface area contributed by atoms with Crippen LogP contribution in [0.3, 0.4) is 0 Å². The Labute approximate surface area is 136 Å². The molecule has 7 heteroatoms. The zero-order valence-corrected chi connectivity index (χ0v) is 13.6. The Kier molecular flexibility index (Phi) is 5.18. The molecule has 3 saturated heterocycles. The van der Waals surface area contributed by atoms with E-state index in [1.807, 2.05) is 4.90 Å². The molecule has 1 spiro atoms. The van der Waals surface area contributed by atoms with E-state index in [1.54, 1.807) is 4.90 Å². The molecule has 0 radical (unpaired) electrons. The molecular formula is C16H27N3O4. The molecule has 7 nitrogen and oxygen atoms in total. The maximum Gasteiger partial charge on any atom is 0.253 e. The Morgan fingerprint density at radius 1 is 1.35 bits per heavy atom. The maximum absolute atomic E-state index is 12.5. The molecule has 0 unspecified atom stereocenters. The minimum Gasteiger partial charge on any atom is -0.395 e. The molecule has 2 amide bonds. The fourth-order valence-corrected chi connectivity index (χ4v) is 3.96. The lowest BCUT2D eigenvalue weighted by Crippen LogP contribution is -2.55. The Hall–Kier alpha value is -1.18. The highest BCUT2D eigenvalue weighted by Crippen LogP contribution is 2.40. The second kappa shape index (κ2) is 7.15. The molecule has 0 aromatic heterocycles. The summed E-state index contributed by atoms with van der Waals surface area (Å²) in [6.07, 6.45) is 2.96. The van der Waals surface area contributed by atoms with E-state index in [2.05, 4.69) is 5.32 Å². The summed E-state index contributed by atoms with van der Waals surface area (Å²) in [5, 5.41) is 12.3. The highest BCUT2D eigenvalue weighted by atomic mass is 16.5. The summed E-state index contributed by atoms with van der Waals surface area (Å²) in [7, 11) is 0. The van der Waals surface area contributed by atoms with Crippen LogP contribution in [-0.4, -0.2) is 85.3 Å². The lowest BCUT2D eigenvalue weighted by Gasteiger charge is -2.47. The standard InChI is InChI=1S/C16H27N3O4/c20-9-8-19-12-16(2-1-14(19)21)3-6-18(7-4-16)15(22)13-11-17-5-10-23-13/h13,17,20H,1-12H2/t13-/m0/s1. The predicted octanol–water partition coefficient (Wildman–Crippen LogP) is -0.802. The smallest absolute Gasteiger partial charge is 0.253 e. The van der Waals surface area contributed by atoms with Crippen molar-refractivity contribution in [2.75, 3.05) is 52.5 Å². The maximum atomic E-state index is 12.5. The van der Waals surface area contributed by atoms with E-state index in [0.29, 0.717) is 26.1 Å². The molecule has 0 aromatic carbocycles. The van der Waals surface area contributed by atoms with Crippen LogP contribution in [0.2, 0.25) is 0 Å². The molecule has 130 valence electrons. The first-order valence-electron chi connectivity index (χ1n) is 8.63. The van der Waals surface area contributed by atoms with Crippen LogP contribution in [-0.2, 0) is 14.3 Å². The molecule has 3 rings (SSSR count). The van der Waals surface area contributed by atoms with E-state index in [1.165, 1.54) is 0 Å². The lowest BCUT2D eigenvalue weighted by atomic mass is 9.72. The van der Waals surface area contributed by atoms with Crippen molar-refractivity contribution < 1.29 is 19.4 Å². The summed E-state index contributed by atoms with van der Waals surface area (Å²) >= 11 is 0. The van der Waals surface area contributed by atoms with Crippen LogP contribution in [0.4, 0.5) is 0 Å². The Balaban J connectivity index is 1.55. The van der Waals surface area contributed by atoms with Crippen LogP contribution in [0, 0.1) is 5.41 Å². The second-order valence-corrected chi connectivity index (χ2v) is 6.93. The fraction of sp³-hybridized carbons (Fsp3) is 0.875. The molecule has 23 heavy (non-hydrogen) atoms. The molecule has 0 aromatic rings. The van der Waals surface area contributed by atoms with Crippen molar-refractivity contribution in [1.82, 2.24) is 15.1 Å². The number of piperidine rings is 2. The zero-order valence-electron chi connectivity index (χ0n) is 13.6. The second-order valence-electron chi connectivity index (χ2n) is 6.93. The summed E-state index contributed by atoms with van der Waals surface area (Å²) in [6.45, 7) is 4.62. The van der Waals surface area contributed by atoms with Crippen LogP contribution in [0.5, 0.6) is 0 Å². The summed E-state index contributed by atoms with van der Waals surface area (Å²) in [6, 6.07) is 0. The first-order chi connectivity index (χ1) is 11.1. The molecule has 3 aliphatic rings. The van der Waals surface area contributed by atoms with Gasteiger partial charge in [-0.25, -0.2) is 0 Å². The van der Waals surface area contributed by atoms with Gasteiger partial charge < -0.3 is 25.0 Å². The van der Waals surface area contributed by atoms with Crippen LogP contribution in [0.15, 0.2) is 0 Å². The number of hydrogen-bond acceptors (Lipinski definition) is 5. The third-order valence-corrected chi connectivity index (χ3v) is 5.46. The SMILES string of the molecule is O=C1CCC2(CCN(C(=O)[C@@H]3CNCCO3)CC2)CN1CCO. The molecule has 3 heterocycles. The number of nitrogens with one attached hydrogen (secondary N) is 1. The Morgan fingerprint density at radius 3 is 2.78 bits per heavy atom. The molecule has 3 fully saturated rings. The third-order valence-electron chi connectivity index (χ3n) is 5.46. The number of likely N-dealkylation sites (tertiary alicyclic amines) is 2. The number of amides is 2. The van der Waals surface area contributed by atoms with Crippen LogP contribution in [0.25, 0.3) is 0 Å². The van der Waals surface area contributed by atoms with E-state index in [9.17, 15) is 9.59 Å². The minimum atomic E-state index is -0.350. The quantitative estimate of drug-likeness (QED) is 0.710. The van der Waals surface area contributed by atoms with Gasteiger partial charge in [0.05, 0.1) is 13.2 Å². The number of morpholine rings is 1. The monoisotopic (exact) mass is 325 g/mol. The molecular weight excluding hydrogens is 298 g/mol. The molecule has 2 N–H and O–H groups in total. The summed E-state index contributed by atoms with van der Waals surface area (Å²) in [5.41, 5.74) is 0.117. The minimum absolute atomic E-state index is 0.0124. The van der Waals surface area contributed by atoms with Crippen molar-refractivity contribution in [2.24, 2.45) is 5.41 Å². The van der Waals surface area contributed by atoms with Gasteiger partial charge in [-0.3, -0.25) is 9.59 Å². The van der Waals surface area contributed by atoms with Crippen LogP contribution >= 0.6 is 0 Å². The Morgan fingerprint density at radius 2 is 2.13 bits per heavy atom. The number of β-amino-alcohol motifs (C(OH)–C–C–N with tert-alkyl or cyclic N) is 1. The van der Waals surface area contributed by atoms with Crippen LogP contribution < -0.4 is 5.32 Å². The zero-order chi connectivity index (χ0) is 16.3. The van der Waals surface area contributed by atoms with E-state index in [4.69, 9.17) is 9.84 Å². The van der Waals surface area contributed by atoms with E-state index in [-0.39, 0.29) is 29.9 Å². The fourth-order valence-electron chi connectivity index (χ4n) is 3.96. The van der Waals surface area contributed by atoms with Gasteiger partial charge in [-0.15, -0.1) is 0 Å². The molecule has 0 saturated carbocycles. The molecule has 1 atom stereocenters. The van der Waals surface area contributed by atoms with Crippen LogP contribution in [0.1, 0.15) is 25.7 Å². The third kappa shape index (κ3) is 3.67. The van der Waals surface area contributed by atoms with Gasteiger partial charge in [-0.2, -0.15) is 0 Å². The van der Waals surface area contributed by atoms with Gasteiger partial charge in [0, 0.05) is 45.7 Å². The van der Waals surface area contributed by atoms with Gasteiger partial charge in [0.1, 0.15) is 6.10 Å². The topological polar surface area (TPSA) is 82.1 Å². The number of rotatable bonds is 3.